The van der Waals surface area contributed by atoms with Crippen LogP contribution in [-0.4, -0.2) is 27.3 Å². The second-order valence-electron chi connectivity index (χ2n) is 5.34. The molecular formula is C17H18N4O2. The summed E-state index contributed by atoms with van der Waals surface area (Å²) in [6, 6.07) is 7.55. The van der Waals surface area contributed by atoms with E-state index in [4.69, 9.17) is 4.74 Å². The molecule has 0 radical (unpaired) electrons. The van der Waals surface area contributed by atoms with E-state index in [1.54, 1.807) is 10.8 Å². The number of carbonyl (C=O) groups excluding carboxylic acids is 1. The lowest BCUT2D eigenvalue weighted by molar-refractivity contribution is -0.138. The van der Waals surface area contributed by atoms with Crippen LogP contribution in [0.3, 0.4) is 0 Å². The van der Waals surface area contributed by atoms with Gasteiger partial charge in [0, 0.05) is 5.70 Å². The number of aryl methyl sites for hydroxylation is 1. The van der Waals surface area contributed by atoms with Crippen LogP contribution in [-0.2, 0) is 9.53 Å². The smallest absolute Gasteiger partial charge is 0.338 e. The van der Waals surface area contributed by atoms with Crippen molar-refractivity contribution in [3.8, 4) is 0 Å². The molecule has 1 aliphatic rings. The van der Waals surface area contributed by atoms with Gasteiger partial charge >= 0.3 is 5.97 Å². The van der Waals surface area contributed by atoms with Crippen LogP contribution >= 0.6 is 0 Å². The number of anilines is 1. The third-order valence-electron chi connectivity index (χ3n) is 3.83. The number of fused-ring (bicyclic) bond motifs is 1. The maximum absolute atomic E-state index is 12.6. The Kier molecular flexibility index (Phi) is 3.97. The van der Waals surface area contributed by atoms with E-state index < -0.39 is 0 Å². The molecule has 1 aromatic heterocycles. The summed E-state index contributed by atoms with van der Waals surface area (Å²) in [7, 11) is 0. The van der Waals surface area contributed by atoms with Crippen molar-refractivity contribution in [3.63, 3.8) is 0 Å². The van der Waals surface area contributed by atoms with Gasteiger partial charge in [-0.3, -0.25) is 0 Å². The van der Waals surface area contributed by atoms with Gasteiger partial charge in [0.05, 0.1) is 5.57 Å². The molecule has 6 heteroatoms. The lowest BCUT2D eigenvalue weighted by Crippen LogP contribution is -2.30. The highest BCUT2D eigenvalue weighted by molar-refractivity contribution is 5.92. The number of nitrogens with one attached hydrogen (secondary N) is 1. The highest BCUT2D eigenvalue weighted by Crippen LogP contribution is 2.36. The van der Waals surface area contributed by atoms with Crippen molar-refractivity contribution in [3.05, 3.63) is 65.6 Å². The zero-order valence-corrected chi connectivity index (χ0v) is 13.1. The van der Waals surface area contributed by atoms with E-state index in [1.165, 1.54) is 6.33 Å². The number of hydrogen-bond acceptors (Lipinski definition) is 5. The zero-order chi connectivity index (χ0) is 16.4. The maximum atomic E-state index is 12.6. The fraction of sp³-hybridized carbons (Fsp3) is 0.235. The summed E-state index contributed by atoms with van der Waals surface area (Å²) in [5, 5.41) is 7.39. The average Bonchev–Trinajstić information content (AvgIpc) is 3.00. The highest BCUT2D eigenvalue weighted by atomic mass is 16.5. The molecule has 0 saturated heterocycles. The maximum Gasteiger partial charge on any atom is 0.338 e. The van der Waals surface area contributed by atoms with E-state index >= 15 is 0 Å². The quantitative estimate of drug-likeness (QED) is 0.694. The SMILES string of the molecule is C=CCOC(=O)C1=C(C)Nc2ncnn2C1c1ccccc1C. The van der Waals surface area contributed by atoms with Crippen molar-refractivity contribution in [1.82, 2.24) is 14.8 Å². The van der Waals surface area contributed by atoms with Crippen molar-refractivity contribution in [2.75, 3.05) is 11.9 Å². The standard InChI is InChI=1S/C17H18N4O2/c1-4-9-23-16(22)14-12(3)20-17-18-10-19-21(17)15(14)13-8-6-5-7-11(13)2/h4-8,10,15H,1,9H2,2-3H3,(H,18,19,20). The first-order valence-corrected chi connectivity index (χ1v) is 7.34. The molecule has 0 fully saturated rings. The van der Waals surface area contributed by atoms with E-state index in [2.05, 4.69) is 22.0 Å². The number of allylic oxidation sites excluding steroid dienone is 1. The van der Waals surface area contributed by atoms with Crippen LogP contribution in [0.15, 0.2) is 54.5 Å². The van der Waals surface area contributed by atoms with E-state index in [0.29, 0.717) is 17.2 Å². The molecular weight excluding hydrogens is 292 g/mol. The lowest BCUT2D eigenvalue weighted by Gasteiger charge is -2.29. The fourth-order valence-corrected chi connectivity index (χ4v) is 2.75. The van der Waals surface area contributed by atoms with Crippen molar-refractivity contribution in [2.45, 2.75) is 19.9 Å². The largest absolute Gasteiger partial charge is 0.458 e. The van der Waals surface area contributed by atoms with Crippen LogP contribution in [0.1, 0.15) is 24.1 Å². The average molecular weight is 310 g/mol. The number of carbonyl (C=O) groups is 1. The first-order valence-electron chi connectivity index (χ1n) is 7.34. The number of hydrogen-bond donors (Lipinski definition) is 1. The topological polar surface area (TPSA) is 69.0 Å². The Hall–Kier alpha value is -2.89. The minimum atomic E-state index is -0.385. The van der Waals surface area contributed by atoms with Crippen LogP contribution in [0.4, 0.5) is 5.95 Å². The number of esters is 1. The molecule has 23 heavy (non-hydrogen) atoms. The molecule has 1 N–H and O–H groups in total. The molecule has 6 nitrogen and oxygen atoms in total. The van der Waals surface area contributed by atoms with E-state index in [1.807, 2.05) is 38.1 Å². The van der Waals surface area contributed by atoms with Crippen LogP contribution in [0, 0.1) is 6.92 Å². The number of rotatable bonds is 4. The third kappa shape index (κ3) is 2.63. The van der Waals surface area contributed by atoms with Crippen molar-refractivity contribution in [1.29, 1.82) is 0 Å². The van der Waals surface area contributed by atoms with Gasteiger partial charge in [0.1, 0.15) is 19.0 Å². The van der Waals surface area contributed by atoms with Gasteiger partial charge in [-0.15, -0.1) is 0 Å². The summed E-state index contributed by atoms with van der Waals surface area (Å²) < 4.78 is 6.98. The van der Waals surface area contributed by atoms with Crippen LogP contribution < -0.4 is 5.32 Å². The number of ether oxygens (including phenoxy) is 1. The van der Waals surface area contributed by atoms with Gasteiger partial charge in [0.15, 0.2) is 0 Å². The monoisotopic (exact) mass is 310 g/mol. The zero-order valence-electron chi connectivity index (χ0n) is 13.1. The number of aromatic nitrogens is 3. The van der Waals surface area contributed by atoms with Gasteiger partial charge in [-0.25, -0.2) is 9.48 Å². The third-order valence-corrected chi connectivity index (χ3v) is 3.83. The van der Waals surface area contributed by atoms with Crippen LogP contribution in [0.25, 0.3) is 0 Å². The number of benzene rings is 1. The molecule has 118 valence electrons. The van der Waals surface area contributed by atoms with Crippen molar-refractivity contribution >= 4 is 11.9 Å². The minimum absolute atomic E-state index is 0.167. The molecule has 0 aliphatic carbocycles. The van der Waals surface area contributed by atoms with E-state index in [9.17, 15) is 4.79 Å². The predicted molar refractivity (Wildman–Crippen MR) is 86.8 cm³/mol. The van der Waals surface area contributed by atoms with Crippen molar-refractivity contribution in [2.24, 2.45) is 0 Å². The molecule has 2 heterocycles. The Morgan fingerprint density at radius 1 is 1.43 bits per heavy atom. The molecule has 1 aliphatic heterocycles. The van der Waals surface area contributed by atoms with Crippen molar-refractivity contribution < 1.29 is 9.53 Å². The Balaban J connectivity index is 2.13. The summed E-state index contributed by atoms with van der Waals surface area (Å²) in [5.74, 6) is 0.223. The molecule has 2 aromatic rings. The summed E-state index contributed by atoms with van der Waals surface area (Å²) in [6.07, 6.45) is 3.02. The van der Waals surface area contributed by atoms with Gasteiger partial charge in [-0.1, -0.05) is 36.9 Å². The van der Waals surface area contributed by atoms with Crippen LogP contribution in [0.5, 0.6) is 0 Å². The molecule has 0 spiro atoms. The minimum Gasteiger partial charge on any atom is -0.458 e. The summed E-state index contributed by atoms with van der Waals surface area (Å²) >= 11 is 0. The summed E-state index contributed by atoms with van der Waals surface area (Å²) in [6.45, 7) is 7.60. The second-order valence-corrected chi connectivity index (χ2v) is 5.34. The Morgan fingerprint density at radius 2 is 2.22 bits per heavy atom. The molecule has 1 unspecified atom stereocenters. The Morgan fingerprint density at radius 3 is 2.96 bits per heavy atom. The first kappa shape index (κ1) is 15.0. The van der Waals surface area contributed by atoms with Crippen LogP contribution in [0.2, 0.25) is 0 Å². The van der Waals surface area contributed by atoms with Gasteiger partial charge in [-0.2, -0.15) is 10.1 Å². The highest BCUT2D eigenvalue weighted by Gasteiger charge is 2.34. The normalized spacial score (nSPS) is 16.5. The fourth-order valence-electron chi connectivity index (χ4n) is 2.75. The lowest BCUT2D eigenvalue weighted by atomic mass is 9.93. The molecule has 0 amide bonds. The van der Waals surface area contributed by atoms with Gasteiger partial charge in [0.2, 0.25) is 5.95 Å². The Labute approximate surface area is 134 Å². The van der Waals surface area contributed by atoms with Gasteiger partial charge < -0.3 is 10.1 Å². The van der Waals surface area contributed by atoms with E-state index in [0.717, 1.165) is 11.1 Å². The summed E-state index contributed by atoms with van der Waals surface area (Å²) in [4.78, 5) is 16.8. The summed E-state index contributed by atoms with van der Waals surface area (Å²) in [5.41, 5.74) is 3.31. The molecule has 1 aromatic carbocycles. The molecule has 0 bridgehead atoms. The second kappa shape index (κ2) is 6.08. The van der Waals surface area contributed by atoms with Gasteiger partial charge in [-0.05, 0) is 25.0 Å². The molecule has 1 atom stereocenters. The first-order chi connectivity index (χ1) is 11.1. The predicted octanol–water partition coefficient (Wildman–Crippen LogP) is 2.60. The molecule has 3 rings (SSSR count). The molecule has 0 saturated carbocycles. The van der Waals surface area contributed by atoms with Gasteiger partial charge in [0.25, 0.3) is 0 Å². The number of nitrogens with zero attached hydrogens (tertiary/aromatic N) is 3. The van der Waals surface area contributed by atoms with E-state index in [-0.39, 0.29) is 18.6 Å². The Bertz CT molecular complexity index is 791.